The molecule has 1 aromatic heterocycles. The summed E-state index contributed by atoms with van der Waals surface area (Å²) in [6, 6.07) is 5.07. The van der Waals surface area contributed by atoms with Crippen molar-refractivity contribution in [1.82, 2.24) is 9.97 Å². The molecule has 0 bridgehead atoms. The van der Waals surface area contributed by atoms with Crippen molar-refractivity contribution >= 4 is 16.6 Å². The summed E-state index contributed by atoms with van der Waals surface area (Å²) >= 11 is 0. The molecule has 1 heterocycles. The van der Waals surface area contributed by atoms with Gasteiger partial charge in [0.25, 0.3) is 5.56 Å². The van der Waals surface area contributed by atoms with E-state index in [4.69, 9.17) is 5.73 Å². The summed E-state index contributed by atoms with van der Waals surface area (Å²) in [4.78, 5) is 19.0. The van der Waals surface area contributed by atoms with Crippen molar-refractivity contribution in [3.63, 3.8) is 0 Å². The lowest BCUT2D eigenvalue weighted by Crippen LogP contribution is -2.01. The third-order valence-corrected chi connectivity index (χ3v) is 1.76. The zero-order valence-electron chi connectivity index (χ0n) is 6.77. The summed E-state index contributed by atoms with van der Waals surface area (Å²) < 4.78 is 0. The summed E-state index contributed by atoms with van der Waals surface area (Å²) in [5.74, 6) is 0. The summed E-state index contributed by atoms with van der Waals surface area (Å²) in [5, 5.41) is 0.449. The van der Waals surface area contributed by atoms with Gasteiger partial charge in [-0.1, -0.05) is 6.07 Å². The van der Waals surface area contributed by atoms with Gasteiger partial charge in [-0.25, -0.2) is 4.98 Å². The molecule has 0 saturated heterocycles. The number of hydrogen-bond acceptors (Lipinski definition) is 4. The van der Waals surface area contributed by atoms with Crippen LogP contribution < -0.4 is 11.3 Å². The van der Waals surface area contributed by atoms with Crippen molar-refractivity contribution in [3.8, 4) is 0 Å². The van der Waals surface area contributed by atoms with Gasteiger partial charge >= 0.3 is 0 Å². The highest BCUT2D eigenvalue weighted by atomic mass is 16.1. The van der Waals surface area contributed by atoms with Crippen LogP contribution in [0.1, 0.15) is 0 Å². The number of hydrogen-bond donors (Lipinski definition) is 1. The maximum absolute atomic E-state index is 11.3. The molecule has 0 saturated carbocycles. The smallest absolute Gasteiger partial charge is 0.279 e. The highest BCUT2D eigenvalue weighted by Gasteiger charge is 1.99. The van der Waals surface area contributed by atoms with Crippen molar-refractivity contribution in [2.45, 2.75) is 0 Å². The lowest BCUT2D eigenvalue weighted by atomic mass is 10.2. The van der Waals surface area contributed by atoms with Crippen LogP contribution in [0, 0.1) is 0 Å². The highest BCUT2D eigenvalue weighted by molar-refractivity contribution is 5.87. The average Bonchev–Trinajstić information content (AvgIpc) is 2.30. The van der Waals surface area contributed by atoms with Crippen LogP contribution in [0.25, 0.3) is 10.9 Å². The van der Waals surface area contributed by atoms with E-state index in [2.05, 4.69) is 9.97 Å². The van der Waals surface area contributed by atoms with Crippen LogP contribution in [0.5, 0.6) is 0 Å². The Balaban J connectivity index is 3.08. The minimum atomic E-state index is -0.306. The zero-order valence-corrected chi connectivity index (χ0v) is 6.77. The van der Waals surface area contributed by atoms with Crippen molar-refractivity contribution < 1.29 is 0 Å². The molecule has 0 aliphatic rings. The molecule has 4 heteroatoms. The monoisotopic (exact) mass is 173 g/mol. The Labute approximate surface area is 74.1 Å². The van der Waals surface area contributed by atoms with Gasteiger partial charge in [0.1, 0.15) is 0 Å². The number of benzene rings is 1. The Morgan fingerprint density at radius 2 is 1.92 bits per heavy atom. The number of anilines is 1. The first-order valence-corrected chi connectivity index (χ1v) is 3.78. The first kappa shape index (κ1) is 7.67. The van der Waals surface area contributed by atoms with Crippen molar-refractivity contribution in [2.75, 3.05) is 5.73 Å². The average molecular weight is 173 g/mol. The van der Waals surface area contributed by atoms with E-state index < -0.39 is 0 Å². The topological polar surface area (TPSA) is 68.9 Å². The van der Waals surface area contributed by atoms with Crippen LogP contribution >= 0.6 is 0 Å². The van der Waals surface area contributed by atoms with E-state index in [9.17, 15) is 4.79 Å². The standard InChI is InChI=1S/C9H7N3O/c10-7-3-1-2-6-8(7)11-4-5-12-9(6)13/h1-5H,10H2. The lowest BCUT2D eigenvalue weighted by molar-refractivity contribution is 1.28. The van der Waals surface area contributed by atoms with Gasteiger partial charge in [0, 0.05) is 12.4 Å². The maximum atomic E-state index is 11.3. The van der Waals surface area contributed by atoms with Gasteiger partial charge < -0.3 is 5.73 Å². The quantitative estimate of drug-likeness (QED) is 0.591. The number of para-hydroxylation sites is 1. The van der Waals surface area contributed by atoms with Crippen LogP contribution in [0.4, 0.5) is 5.69 Å². The van der Waals surface area contributed by atoms with Gasteiger partial charge in [0.15, 0.2) is 0 Å². The van der Waals surface area contributed by atoms with Crippen LogP contribution in [0.2, 0.25) is 0 Å². The fourth-order valence-corrected chi connectivity index (χ4v) is 1.16. The third-order valence-electron chi connectivity index (χ3n) is 1.76. The number of nitrogen functional groups attached to an aromatic ring is 1. The van der Waals surface area contributed by atoms with Crippen molar-refractivity contribution in [3.05, 3.63) is 40.9 Å². The normalized spacial score (nSPS) is 10.2. The fraction of sp³-hybridized carbons (Fsp3) is 0. The molecule has 0 fully saturated rings. The highest BCUT2D eigenvalue weighted by Crippen LogP contribution is 2.12. The van der Waals surface area contributed by atoms with Gasteiger partial charge in [-0.2, -0.15) is 0 Å². The van der Waals surface area contributed by atoms with E-state index in [-0.39, 0.29) is 5.56 Å². The predicted octanol–water partition coefficient (Wildman–Crippen LogP) is 0.572. The largest absolute Gasteiger partial charge is 0.397 e. The van der Waals surface area contributed by atoms with E-state index in [1.54, 1.807) is 18.2 Å². The Bertz CT molecular complexity index is 510. The molecule has 0 radical (unpaired) electrons. The predicted molar refractivity (Wildman–Crippen MR) is 50.2 cm³/mol. The second-order valence-electron chi connectivity index (χ2n) is 2.60. The molecule has 0 aliphatic carbocycles. The Kier molecular flexibility index (Phi) is 1.66. The molecular weight excluding hydrogens is 166 g/mol. The molecule has 13 heavy (non-hydrogen) atoms. The minimum Gasteiger partial charge on any atom is -0.397 e. The molecular formula is C9H7N3O. The number of nitrogens with two attached hydrogens (primary N) is 1. The number of nitrogens with zero attached hydrogens (tertiary/aromatic N) is 2. The Morgan fingerprint density at radius 3 is 2.77 bits per heavy atom. The molecule has 4 nitrogen and oxygen atoms in total. The molecule has 1 aromatic carbocycles. The minimum absolute atomic E-state index is 0.306. The number of fused-ring (bicyclic) bond motifs is 1. The van der Waals surface area contributed by atoms with Crippen LogP contribution in [-0.2, 0) is 0 Å². The first-order valence-electron chi connectivity index (χ1n) is 3.78. The summed E-state index contributed by atoms with van der Waals surface area (Å²) in [7, 11) is 0. The SMILES string of the molecule is Nc1cccc2c(=O)nccnc12. The molecule has 2 aromatic rings. The molecule has 2 rings (SSSR count). The van der Waals surface area contributed by atoms with Gasteiger partial charge in [-0.15, -0.1) is 0 Å². The van der Waals surface area contributed by atoms with Gasteiger partial charge in [-0.3, -0.25) is 9.78 Å². The maximum Gasteiger partial charge on any atom is 0.279 e. The van der Waals surface area contributed by atoms with E-state index in [0.717, 1.165) is 0 Å². The van der Waals surface area contributed by atoms with Gasteiger partial charge in [0.2, 0.25) is 0 Å². The molecule has 0 spiro atoms. The molecule has 0 unspecified atom stereocenters. The number of rotatable bonds is 0. The summed E-state index contributed by atoms with van der Waals surface area (Å²) in [6.45, 7) is 0. The van der Waals surface area contributed by atoms with Crippen LogP contribution in [0.3, 0.4) is 0 Å². The fourth-order valence-electron chi connectivity index (χ4n) is 1.16. The van der Waals surface area contributed by atoms with E-state index >= 15 is 0 Å². The van der Waals surface area contributed by atoms with E-state index in [0.29, 0.717) is 16.6 Å². The summed E-state index contributed by atoms with van der Waals surface area (Å²) in [6.07, 6.45) is 2.82. The molecule has 0 atom stereocenters. The van der Waals surface area contributed by atoms with Crippen LogP contribution in [0.15, 0.2) is 35.4 Å². The van der Waals surface area contributed by atoms with Gasteiger partial charge in [-0.05, 0) is 12.1 Å². The van der Waals surface area contributed by atoms with E-state index in [1.807, 2.05) is 0 Å². The second kappa shape index (κ2) is 2.82. The summed E-state index contributed by atoms with van der Waals surface area (Å²) in [5.41, 5.74) is 6.34. The Hall–Kier alpha value is -1.97. The molecule has 0 amide bonds. The van der Waals surface area contributed by atoms with Gasteiger partial charge in [0.05, 0.1) is 16.6 Å². The third kappa shape index (κ3) is 1.22. The Morgan fingerprint density at radius 1 is 1.15 bits per heavy atom. The second-order valence-corrected chi connectivity index (χ2v) is 2.60. The zero-order chi connectivity index (χ0) is 9.26. The van der Waals surface area contributed by atoms with Crippen molar-refractivity contribution in [2.24, 2.45) is 0 Å². The van der Waals surface area contributed by atoms with Crippen LogP contribution in [-0.4, -0.2) is 9.97 Å². The molecule has 2 N–H and O–H groups in total. The first-order chi connectivity index (χ1) is 6.29. The van der Waals surface area contributed by atoms with E-state index in [1.165, 1.54) is 12.4 Å². The molecule has 0 aliphatic heterocycles. The van der Waals surface area contributed by atoms with Crippen molar-refractivity contribution in [1.29, 1.82) is 0 Å². The molecule has 64 valence electrons. The lowest BCUT2D eigenvalue weighted by Gasteiger charge is -1.93. The number of aromatic nitrogens is 2.